The van der Waals surface area contributed by atoms with E-state index >= 15 is 4.39 Å². The molecule has 0 aliphatic carbocycles. The molecule has 1 saturated heterocycles. The highest BCUT2D eigenvalue weighted by Crippen LogP contribution is 2.37. The summed E-state index contributed by atoms with van der Waals surface area (Å²) in [4.78, 5) is 26.9. The number of anilines is 2. The van der Waals surface area contributed by atoms with Crippen LogP contribution in [0.1, 0.15) is 18.5 Å². The van der Waals surface area contributed by atoms with Gasteiger partial charge in [0.2, 0.25) is 0 Å². The number of hydrogen-bond donors (Lipinski definition) is 2. The van der Waals surface area contributed by atoms with E-state index in [0.717, 1.165) is 12.1 Å². The summed E-state index contributed by atoms with van der Waals surface area (Å²) in [6.07, 6.45) is 2.91. The lowest BCUT2D eigenvalue weighted by atomic mass is 10.0. The number of halogens is 3. The van der Waals surface area contributed by atoms with Gasteiger partial charge in [-0.05, 0) is 31.2 Å². The van der Waals surface area contributed by atoms with Gasteiger partial charge < -0.3 is 15.6 Å². The molecular weight excluding hydrogens is 433 g/mol. The molecule has 0 bridgehead atoms. The Morgan fingerprint density at radius 2 is 1.91 bits per heavy atom. The Hall–Kier alpha value is -4.08. The van der Waals surface area contributed by atoms with Crippen LogP contribution in [0.25, 0.3) is 22.2 Å². The van der Waals surface area contributed by atoms with Gasteiger partial charge in [0.1, 0.15) is 35.2 Å². The SMILES string of the molecule is CCN1C(=O)N(c2ccc(-c3c[nH]c4ncnc(N)c34)c(F)c2)CC1c1ccc(F)cc1F. The summed E-state index contributed by atoms with van der Waals surface area (Å²) < 4.78 is 43.0. The number of carbonyl (C=O) groups is 1. The van der Waals surface area contributed by atoms with Gasteiger partial charge in [0.15, 0.2) is 0 Å². The fraction of sp³-hybridized carbons (Fsp3) is 0.174. The number of aromatic nitrogens is 3. The molecule has 7 nitrogen and oxygen atoms in total. The zero-order valence-corrected chi connectivity index (χ0v) is 17.5. The smallest absolute Gasteiger partial charge is 0.325 e. The molecule has 0 radical (unpaired) electrons. The minimum Gasteiger partial charge on any atom is -0.383 e. The monoisotopic (exact) mass is 452 g/mol. The molecule has 1 aliphatic heterocycles. The van der Waals surface area contributed by atoms with Crippen molar-refractivity contribution >= 4 is 28.6 Å². The van der Waals surface area contributed by atoms with Gasteiger partial charge in [-0.1, -0.05) is 6.07 Å². The predicted molar refractivity (Wildman–Crippen MR) is 118 cm³/mol. The molecule has 4 aromatic rings. The molecule has 1 fully saturated rings. The fourth-order valence-corrected chi connectivity index (χ4v) is 4.34. The third kappa shape index (κ3) is 3.34. The third-order valence-corrected chi connectivity index (χ3v) is 5.92. The molecule has 2 amide bonds. The molecule has 3 heterocycles. The number of fused-ring (bicyclic) bond motifs is 1. The molecule has 1 atom stereocenters. The highest BCUT2D eigenvalue weighted by Gasteiger charge is 2.39. The van der Waals surface area contributed by atoms with Crippen molar-refractivity contribution in [2.24, 2.45) is 0 Å². The van der Waals surface area contributed by atoms with Gasteiger partial charge in [-0.25, -0.2) is 27.9 Å². The van der Waals surface area contributed by atoms with Crippen LogP contribution in [0.2, 0.25) is 0 Å². The Kier molecular flexibility index (Phi) is 4.92. The predicted octanol–water partition coefficient (Wildman–Crippen LogP) is 4.63. The number of nitrogen functional groups attached to an aromatic ring is 1. The molecule has 5 rings (SSSR count). The van der Waals surface area contributed by atoms with E-state index in [2.05, 4.69) is 15.0 Å². The Labute approximate surface area is 186 Å². The second-order valence-electron chi connectivity index (χ2n) is 7.71. The lowest BCUT2D eigenvalue weighted by Crippen LogP contribution is -2.32. The highest BCUT2D eigenvalue weighted by molar-refractivity contribution is 6.01. The first-order valence-electron chi connectivity index (χ1n) is 10.3. The van der Waals surface area contributed by atoms with Crippen LogP contribution in [0.5, 0.6) is 0 Å². The maximum absolute atomic E-state index is 15.2. The average molecular weight is 452 g/mol. The number of H-pyrrole nitrogens is 1. The molecule has 0 saturated carbocycles. The number of amides is 2. The van der Waals surface area contributed by atoms with E-state index < -0.39 is 23.5 Å². The first-order chi connectivity index (χ1) is 15.9. The zero-order valence-electron chi connectivity index (χ0n) is 17.5. The van der Waals surface area contributed by atoms with Crippen LogP contribution in [0.4, 0.5) is 29.5 Å². The van der Waals surface area contributed by atoms with E-state index in [1.807, 2.05) is 0 Å². The summed E-state index contributed by atoms with van der Waals surface area (Å²) >= 11 is 0. The Morgan fingerprint density at radius 1 is 1.09 bits per heavy atom. The first kappa shape index (κ1) is 20.8. The van der Waals surface area contributed by atoms with Crippen molar-refractivity contribution < 1.29 is 18.0 Å². The maximum atomic E-state index is 15.2. The standard InChI is InChI=1S/C23H19F3N6O/c1-2-31-19(15-5-3-12(24)7-17(15)25)10-32(23(31)33)13-4-6-14(18(26)8-13)16-9-28-22-20(16)21(27)29-11-30-22/h3-9,11,19H,2,10H2,1H3,(H3,27,28,29,30). The van der Waals surface area contributed by atoms with Gasteiger partial charge in [0, 0.05) is 41.2 Å². The summed E-state index contributed by atoms with van der Waals surface area (Å²) in [7, 11) is 0. The molecular formula is C23H19F3N6O. The molecule has 2 aromatic heterocycles. The second kappa shape index (κ2) is 7.80. The normalized spacial score (nSPS) is 16.2. The van der Waals surface area contributed by atoms with E-state index in [4.69, 9.17) is 5.73 Å². The number of aromatic amines is 1. The van der Waals surface area contributed by atoms with Crippen LogP contribution in [-0.2, 0) is 0 Å². The van der Waals surface area contributed by atoms with Crippen molar-refractivity contribution in [3.8, 4) is 11.1 Å². The number of carbonyl (C=O) groups excluding carboxylic acids is 1. The molecule has 3 N–H and O–H groups in total. The van der Waals surface area contributed by atoms with E-state index in [0.29, 0.717) is 28.8 Å². The van der Waals surface area contributed by atoms with E-state index in [9.17, 15) is 13.6 Å². The van der Waals surface area contributed by atoms with E-state index in [1.54, 1.807) is 25.3 Å². The van der Waals surface area contributed by atoms with Crippen molar-refractivity contribution in [2.75, 3.05) is 23.7 Å². The molecule has 0 spiro atoms. The minimum atomic E-state index is -0.728. The summed E-state index contributed by atoms with van der Waals surface area (Å²) in [5.41, 5.74) is 7.75. The van der Waals surface area contributed by atoms with E-state index in [1.165, 1.54) is 28.3 Å². The van der Waals surface area contributed by atoms with Gasteiger partial charge >= 0.3 is 6.03 Å². The topological polar surface area (TPSA) is 91.1 Å². The number of nitrogens with two attached hydrogens (primary N) is 1. The Bertz CT molecular complexity index is 1390. The van der Waals surface area contributed by atoms with Crippen LogP contribution in [0, 0.1) is 17.5 Å². The van der Waals surface area contributed by atoms with Crippen LogP contribution < -0.4 is 10.6 Å². The van der Waals surface area contributed by atoms with Gasteiger partial charge in [0.25, 0.3) is 0 Å². The Balaban J connectivity index is 1.51. The fourth-order valence-electron chi connectivity index (χ4n) is 4.34. The minimum absolute atomic E-state index is 0.0991. The van der Waals surface area contributed by atoms with Crippen molar-refractivity contribution in [3.05, 3.63) is 71.9 Å². The summed E-state index contributed by atoms with van der Waals surface area (Å²) in [5.74, 6) is -1.77. The lowest BCUT2D eigenvalue weighted by Gasteiger charge is -2.22. The van der Waals surface area contributed by atoms with Crippen molar-refractivity contribution in [1.82, 2.24) is 19.9 Å². The van der Waals surface area contributed by atoms with E-state index in [-0.39, 0.29) is 29.5 Å². The first-order valence-corrected chi connectivity index (χ1v) is 10.3. The highest BCUT2D eigenvalue weighted by atomic mass is 19.1. The number of nitrogens with one attached hydrogen (secondary N) is 1. The van der Waals surface area contributed by atoms with Crippen LogP contribution in [0.3, 0.4) is 0 Å². The molecule has 33 heavy (non-hydrogen) atoms. The van der Waals surface area contributed by atoms with Crippen LogP contribution >= 0.6 is 0 Å². The van der Waals surface area contributed by atoms with Crippen LogP contribution in [0.15, 0.2) is 48.9 Å². The number of likely N-dealkylation sites (N-methyl/N-ethyl adjacent to an activating group) is 1. The summed E-state index contributed by atoms with van der Waals surface area (Å²) in [5, 5.41) is 0.505. The number of urea groups is 1. The van der Waals surface area contributed by atoms with Gasteiger partial charge in [-0.2, -0.15) is 0 Å². The Morgan fingerprint density at radius 3 is 2.64 bits per heavy atom. The molecule has 1 unspecified atom stereocenters. The summed E-state index contributed by atoms with van der Waals surface area (Å²) in [6.45, 7) is 2.18. The number of nitrogens with zero attached hydrogens (tertiary/aromatic N) is 4. The second-order valence-corrected chi connectivity index (χ2v) is 7.71. The molecule has 2 aromatic carbocycles. The molecule has 10 heteroatoms. The van der Waals surface area contributed by atoms with Gasteiger partial charge in [-0.15, -0.1) is 0 Å². The van der Waals surface area contributed by atoms with Crippen molar-refractivity contribution in [3.63, 3.8) is 0 Å². The van der Waals surface area contributed by atoms with Gasteiger partial charge in [-0.3, -0.25) is 4.90 Å². The number of hydrogen-bond acceptors (Lipinski definition) is 4. The van der Waals surface area contributed by atoms with Crippen molar-refractivity contribution in [1.29, 1.82) is 0 Å². The molecule has 168 valence electrons. The van der Waals surface area contributed by atoms with Gasteiger partial charge in [0.05, 0.1) is 18.0 Å². The largest absolute Gasteiger partial charge is 0.383 e. The quantitative estimate of drug-likeness (QED) is 0.472. The lowest BCUT2D eigenvalue weighted by molar-refractivity contribution is 0.208. The van der Waals surface area contributed by atoms with Crippen molar-refractivity contribution in [2.45, 2.75) is 13.0 Å². The molecule has 1 aliphatic rings. The average Bonchev–Trinajstić information content (AvgIpc) is 3.35. The number of rotatable bonds is 4. The maximum Gasteiger partial charge on any atom is 0.325 e. The summed E-state index contributed by atoms with van der Waals surface area (Å²) in [6, 6.07) is 6.69. The zero-order chi connectivity index (χ0) is 23.3. The number of benzene rings is 2. The van der Waals surface area contributed by atoms with Crippen LogP contribution in [-0.4, -0.2) is 39.0 Å². The third-order valence-electron chi connectivity index (χ3n) is 5.92.